The molecule has 2 aliphatic carbocycles. The number of nitrogens with one attached hydrogen (secondary N) is 2. The van der Waals surface area contributed by atoms with Gasteiger partial charge >= 0.3 is 6.03 Å². The SMILES string of the molecule is COC1=CCC(OC2=CC3C(C=C2)N(C(=O)NC2=NC4C=CC(OC)NC4S2)CC32CCN(C(C)=O)C2)C=C1. The van der Waals surface area contributed by atoms with Gasteiger partial charge in [-0.3, -0.25) is 20.4 Å². The number of aliphatic imine (C=N–C) groups is 1. The van der Waals surface area contributed by atoms with Gasteiger partial charge in [-0.05, 0) is 42.9 Å². The fourth-order valence-corrected chi connectivity index (χ4v) is 7.44. The lowest BCUT2D eigenvalue weighted by molar-refractivity contribution is -0.128. The largest absolute Gasteiger partial charge is 0.497 e. The van der Waals surface area contributed by atoms with Crippen molar-refractivity contribution in [2.45, 2.75) is 49.6 Å². The van der Waals surface area contributed by atoms with Crippen LogP contribution in [0.2, 0.25) is 0 Å². The Morgan fingerprint density at radius 2 is 2.00 bits per heavy atom. The highest BCUT2D eigenvalue weighted by molar-refractivity contribution is 8.14. The summed E-state index contributed by atoms with van der Waals surface area (Å²) in [7, 11) is 3.32. The molecule has 0 bridgehead atoms. The molecular weight excluding hydrogens is 518 g/mol. The lowest BCUT2D eigenvalue weighted by Crippen LogP contribution is -2.46. The molecule has 0 aromatic rings. The van der Waals surface area contributed by atoms with Crippen molar-refractivity contribution < 1.29 is 23.8 Å². The standard InChI is InChI=1S/C28H35N5O5S/c1-17(34)32-13-12-28(15-32)16-33(27(35)31-26-29-22-9-11-24(37-3)30-25(22)39-26)23-10-8-20(14-21(23)28)38-19-6-4-18(36-2)5-7-19/h4-6,8-11,14,19,21-25,30H,7,12-13,15-16H2,1-3H3,(H,29,31,35). The van der Waals surface area contributed by atoms with Crippen LogP contribution in [0.25, 0.3) is 0 Å². The van der Waals surface area contributed by atoms with Crippen LogP contribution in [0.5, 0.6) is 0 Å². The number of rotatable bonds is 4. The number of allylic oxidation sites excluding steroid dienone is 2. The highest BCUT2D eigenvalue weighted by Gasteiger charge is 2.56. The van der Waals surface area contributed by atoms with E-state index in [9.17, 15) is 9.59 Å². The quantitative estimate of drug-likeness (QED) is 0.516. The Labute approximate surface area is 232 Å². The van der Waals surface area contributed by atoms with Crippen molar-refractivity contribution in [3.8, 4) is 0 Å². The number of nitrogens with zero attached hydrogens (tertiary/aromatic N) is 3. The summed E-state index contributed by atoms with van der Waals surface area (Å²) in [6.45, 7) is 3.50. The minimum absolute atomic E-state index is 0.0211. The van der Waals surface area contributed by atoms with Crippen LogP contribution in [0.4, 0.5) is 4.79 Å². The van der Waals surface area contributed by atoms with Crippen molar-refractivity contribution in [1.29, 1.82) is 0 Å². The van der Waals surface area contributed by atoms with Crippen LogP contribution in [0, 0.1) is 11.3 Å². The minimum atomic E-state index is -0.229. The van der Waals surface area contributed by atoms with Gasteiger partial charge in [-0.1, -0.05) is 23.9 Å². The van der Waals surface area contributed by atoms with Gasteiger partial charge in [-0.15, -0.1) is 0 Å². The van der Waals surface area contributed by atoms with Crippen molar-refractivity contribution in [2.24, 2.45) is 16.3 Å². The zero-order chi connectivity index (χ0) is 27.1. The maximum absolute atomic E-state index is 13.7. The number of urea groups is 1. The number of amides is 3. The molecule has 0 aromatic carbocycles. The van der Waals surface area contributed by atoms with E-state index >= 15 is 0 Å². The molecule has 6 rings (SSSR count). The van der Waals surface area contributed by atoms with Crippen molar-refractivity contribution >= 4 is 28.9 Å². The monoisotopic (exact) mass is 553 g/mol. The Morgan fingerprint density at radius 3 is 2.72 bits per heavy atom. The van der Waals surface area contributed by atoms with Gasteiger partial charge in [0.05, 0.1) is 24.6 Å². The van der Waals surface area contributed by atoms with E-state index in [2.05, 4.69) is 22.8 Å². The van der Waals surface area contributed by atoms with Crippen LogP contribution < -0.4 is 10.6 Å². The Balaban J connectivity index is 1.18. The second kappa shape index (κ2) is 10.5. The lowest BCUT2D eigenvalue weighted by atomic mass is 9.73. The first kappa shape index (κ1) is 26.2. The highest BCUT2D eigenvalue weighted by Crippen LogP contribution is 2.50. The third kappa shape index (κ3) is 5.03. The summed E-state index contributed by atoms with van der Waals surface area (Å²) in [4.78, 5) is 34.4. The zero-order valence-corrected chi connectivity index (χ0v) is 23.2. The van der Waals surface area contributed by atoms with Crippen LogP contribution in [0.3, 0.4) is 0 Å². The number of methoxy groups -OCH3 is 2. The third-order valence-electron chi connectivity index (χ3n) is 8.46. The molecule has 2 fully saturated rings. The number of hydrogen-bond donors (Lipinski definition) is 2. The normalized spacial score (nSPS) is 36.3. The summed E-state index contributed by atoms with van der Waals surface area (Å²) in [5, 5.41) is 7.06. The Kier molecular flexibility index (Phi) is 7.07. The zero-order valence-electron chi connectivity index (χ0n) is 22.4. The van der Waals surface area contributed by atoms with E-state index in [0.717, 1.165) is 24.4 Å². The van der Waals surface area contributed by atoms with Crippen LogP contribution in [-0.2, 0) is 19.0 Å². The van der Waals surface area contributed by atoms with E-state index in [1.807, 2.05) is 46.3 Å². The number of hydrogen-bond acceptors (Lipinski definition) is 8. The molecular formula is C28H35N5O5S. The first-order chi connectivity index (χ1) is 18.9. The third-order valence-corrected chi connectivity index (χ3v) is 9.56. The van der Waals surface area contributed by atoms with Crippen molar-refractivity contribution in [2.75, 3.05) is 33.9 Å². The minimum Gasteiger partial charge on any atom is -0.497 e. The molecule has 2 N–H and O–H groups in total. The van der Waals surface area contributed by atoms with Crippen LogP contribution in [0.15, 0.2) is 65.1 Å². The van der Waals surface area contributed by atoms with E-state index in [0.29, 0.717) is 24.8 Å². The van der Waals surface area contributed by atoms with Crippen molar-refractivity contribution in [3.05, 3.63) is 60.1 Å². The van der Waals surface area contributed by atoms with Gasteiger partial charge in [0.1, 0.15) is 23.9 Å². The molecule has 0 aromatic heterocycles. The first-order valence-corrected chi connectivity index (χ1v) is 14.3. The predicted octanol–water partition coefficient (Wildman–Crippen LogP) is 2.49. The molecule has 0 radical (unpaired) electrons. The molecule has 2 saturated heterocycles. The molecule has 1 spiro atoms. The van der Waals surface area contributed by atoms with E-state index in [1.165, 1.54) is 11.8 Å². The maximum atomic E-state index is 13.7. The highest BCUT2D eigenvalue weighted by atomic mass is 32.2. The number of carbonyl (C=O) groups is 2. The summed E-state index contributed by atoms with van der Waals surface area (Å²) in [6, 6.07) is -0.347. The molecule has 11 heteroatoms. The predicted molar refractivity (Wildman–Crippen MR) is 148 cm³/mol. The molecule has 0 saturated carbocycles. The van der Waals surface area contributed by atoms with Crippen LogP contribution in [0.1, 0.15) is 19.8 Å². The van der Waals surface area contributed by atoms with E-state index in [-0.39, 0.29) is 53.1 Å². The molecule has 3 amide bonds. The van der Waals surface area contributed by atoms with E-state index < -0.39 is 0 Å². The summed E-state index contributed by atoms with van der Waals surface area (Å²) >= 11 is 1.51. The molecule has 6 aliphatic rings. The van der Waals surface area contributed by atoms with Gasteiger partial charge in [0.25, 0.3) is 0 Å². The molecule has 7 unspecified atom stereocenters. The van der Waals surface area contributed by atoms with Crippen LogP contribution in [-0.4, -0.2) is 90.5 Å². The lowest BCUT2D eigenvalue weighted by Gasteiger charge is -2.32. The second-order valence-corrected chi connectivity index (χ2v) is 11.9. The fraction of sp³-hybridized carbons (Fsp3) is 0.536. The van der Waals surface area contributed by atoms with Gasteiger partial charge < -0.3 is 24.0 Å². The number of carbonyl (C=O) groups excluding carboxylic acids is 2. The van der Waals surface area contributed by atoms with Gasteiger partial charge in [-0.2, -0.15) is 0 Å². The van der Waals surface area contributed by atoms with Gasteiger partial charge in [0.15, 0.2) is 5.17 Å². The average Bonchev–Trinajstić information content (AvgIpc) is 3.64. The molecule has 4 heterocycles. The van der Waals surface area contributed by atoms with E-state index in [4.69, 9.17) is 19.2 Å². The first-order valence-electron chi connectivity index (χ1n) is 13.4. The second-order valence-electron chi connectivity index (χ2n) is 10.8. The number of thioether (sulfide) groups is 1. The Bertz CT molecular complexity index is 1210. The topological polar surface area (TPSA) is 105 Å². The summed E-state index contributed by atoms with van der Waals surface area (Å²) < 4.78 is 17.0. The number of amidine groups is 1. The number of ether oxygens (including phenoxy) is 3. The summed E-state index contributed by atoms with van der Waals surface area (Å²) in [5.74, 6) is 1.75. The van der Waals surface area contributed by atoms with Crippen LogP contribution >= 0.6 is 11.8 Å². The fourth-order valence-electron chi connectivity index (χ4n) is 6.38. The van der Waals surface area contributed by atoms with Gasteiger partial charge in [0, 0.05) is 51.4 Å². The number of fused-ring (bicyclic) bond motifs is 3. The molecule has 7 atom stereocenters. The Morgan fingerprint density at radius 1 is 1.15 bits per heavy atom. The van der Waals surface area contributed by atoms with Gasteiger partial charge in [-0.25, -0.2) is 4.79 Å². The summed E-state index contributed by atoms with van der Waals surface area (Å²) in [6.07, 6.45) is 17.5. The Hall–Kier alpha value is -3.02. The van der Waals surface area contributed by atoms with Gasteiger partial charge in [0.2, 0.25) is 5.91 Å². The maximum Gasteiger partial charge on any atom is 0.323 e. The molecule has 39 heavy (non-hydrogen) atoms. The number of likely N-dealkylation sites (tertiary alicyclic amines) is 2. The van der Waals surface area contributed by atoms with E-state index in [1.54, 1.807) is 21.1 Å². The van der Waals surface area contributed by atoms with Crippen molar-refractivity contribution in [3.63, 3.8) is 0 Å². The molecule has 208 valence electrons. The smallest absolute Gasteiger partial charge is 0.323 e. The summed E-state index contributed by atoms with van der Waals surface area (Å²) in [5.41, 5.74) is -0.229. The molecule has 10 nitrogen and oxygen atoms in total. The average molecular weight is 554 g/mol. The van der Waals surface area contributed by atoms with Crippen molar-refractivity contribution in [1.82, 2.24) is 20.4 Å². The molecule has 4 aliphatic heterocycles.